The van der Waals surface area contributed by atoms with Crippen molar-refractivity contribution in [3.8, 4) is 0 Å². The molecule has 1 radical (unpaired) electrons. The molecule has 21 heavy (non-hydrogen) atoms. The second-order valence-corrected chi connectivity index (χ2v) is 6.81. The minimum absolute atomic E-state index is 0.0430. The molecule has 0 bridgehead atoms. The second kappa shape index (κ2) is 5.73. The van der Waals surface area contributed by atoms with Crippen LogP contribution in [0.15, 0.2) is 53.6 Å². The van der Waals surface area contributed by atoms with Gasteiger partial charge >= 0.3 is 0 Å². The Morgan fingerprint density at radius 3 is 2.10 bits per heavy atom. The van der Waals surface area contributed by atoms with Crippen LogP contribution in [0.2, 0.25) is 13.1 Å². The molecule has 0 amide bonds. The Kier molecular flexibility index (Phi) is 4.34. The van der Waals surface area contributed by atoms with Gasteiger partial charge in [-0.3, -0.25) is 0 Å². The van der Waals surface area contributed by atoms with Crippen molar-refractivity contribution in [2.24, 2.45) is 0 Å². The number of benzene rings is 1. The first kappa shape index (κ1) is 15.9. The number of hydrogen-bond acceptors (Lipinski definition) is 1. The molecule has 0 saturated carbocycles. The lowest BCUT2D eigenvalue weighted by molar-refractivity contribution is -0.0730. The SMILES string of the molecule is C[Si](C)OC1(F)C(F)=C(F)C(F)=C(F)C1c1ccccc1. The van der Waals surface area contributed by atoms with Crippen LogP contribution in [0.25, 0.3) is 0 Å². The summed E-state index contributed by atoms with van der Waals surface area (Å²) in [6, 6.07) is 7.08. The highest BCUT2D eigenvalue weighted by molar-refractivity contribution is 6.48. The Balaban J connectivity index is 2.64. The summed E-state index contributed by atoms with van der Waals surface area (Å²) < 4.78 is 74.6. The quantitative estimate of drug-likeness (QED) is 0.561. The molecule has 113 valence electrons. The van der Waals surface area contributed by atoms with Crippen LogP contribution in [0.4, 0.5) is 22.0 Å². The molecule has 0 saturated heterocycles. The molecule has 2 rings (SSSR count). The van der Waals surface area contributed by atoms with E-state index in [4.69, 9.17) is 4.43 Å². The molecule has 1 aromatic carbocycles. The lowest BCUT2D eigenvalue weighted by Crippen LogP contribution is -2.42. The van der Waals surface area contributed by atoms with Crippen molar-refractivity contribution in [2.75, 3.05) is 0 Å². The number of halogens is 5. The first-order valence-electron chi connectivity index (χ1n) is 6.13. The number of allylic oxidation sites excluding steroid dienone is 2. The predicted molar refractivity (Wildman–Crippen MR) is 70.1 cm³/mol. The number of rotatable bonds is 3. The molecule has 2 atom stereocenters. The van der Waals surface area contributed by atoms with Gasteiger partial charge in [0.05, 0.1) is 0 Å². The van der Waals surface area contributed by atoms with E-state index in [-0.39, 0.29) is 5.56 Å². The molecular weight excluding hydrogens is 307 g/mol. The molecule has 1 aliphatic carbocycles. The highest BCUT2D eigenvalue weighted by Crippen LogP contribution is 2.52. The molecule has 1 nitrogen and oxygen atoms in total. The van der Waals surface area contributed by atoms with E-state index in [1.165, 1.54) is 37.4 Å². The zero-order chi connectivity index (χ0) is 15.8. The fraction of sp³-hybridized carbons (Fsp3) is 0.286. The van der Waals surface area contributed by atoms with E-state index in [0.29, 0.717) is 0 Å². The van der Waals surface area contributed by atoms with Gasteiger partial charge in [-0.1, -0.05) is 30.3 Å². The normalized spacial score (nSPS) is 26.8. The van der Waals surface area contributed by atoms with Gasteiger partial charge in [-0.2, -0.15) is 0 Å². The Bertz CT molecular complexity index is 599. The maximum Gasteiger partial charge on any atom is 0.269 e. The minimum atomic E-state index is -3.39. The van der Waals surface area contributed by atoms with Crippen LogP contribution in [-0.2, 0) is 4.43 Å². The van der Waals surface area contributed by atoms with Gasteiger partial charge in [-0.15, -0.1) is 0 Å². The molecule has 2 unspecified atom stereocenters. The third kappa shape index (κ3) is 2.67. The first-order valence-corrected chi connectivity index (χ1v) is 8.54. The van der Waals surface area contributed by atoms with Crippen LogP contribution in [-0.4, -0.2) is 14.9 Å². The van der Waals surface area contributed by atoms with Gasteiger partial charge in [-0.25, -0.2) is 22.0 Å². The van der Waals surface area contributed by atoms with Gasteiger partial charge in [0, 0.05) is 0 Å². The van der Waals surface area contributed by atoms with E-state index >= 15 is 0 Å². The Morgan fingerprint density at radius 2 is 1.57 bits per heavy atom. The molecule has 1 aliphatic rings. The number of alkyl halides is 1. The van der Waals surface area contributed by atoms with E-state index in [2.05, 4.69) is 0 Å². The Hall–Kier alpha value is -1.47. The Morgan fingerprint density at radius 1 is 1.00 bits per heavy atom. The van der Waals surface area contributed by atoms with Crippen LogP contribution < -0.4 is 0 Å². The lowest BCUT2D eigenvalue weighted by Gasteiger charge is -2.35. The van der Waals surface area contributed by atoms with Gasteiger partial charge < -0.3 is 4.43 Å². The lowest BCUT2D eigenvalue weighted by atomic mass is 9.85. The summed E-state index contributed by atoms with van der Waals surface area (Å²) >= 11 is 0. The average molecular weight is 319 g/mol. The average Bonchev–Trinajstić information content (AvgIpc) is 2.44. The number of hydrogen-bond donors (Lipinski definition) is 0. The molecular formula is C14H12F5OSi. The van der Waals surface area contributed by atoms with Gasteiger partial charge in [0.2, 0.25) is 14.9 Å². The fourth-order valence-electron chi connectivity index (χ4n) is 2.17. The first-order chi connectivity index (χ1) is 9.79. The molecule has 1 aromatic rings. The molecule has 0 aliphatic heterocycles. The monoisotopic (exact) mass is 319 g/mol. The standard InChI is InChI=1S/C14H12F5OSi/c1-21(2)20-14(19)9(8-6-4-3-5-7-8)10(15)11(16)12(17)13(14)18/h3-7,9H,1-2H3. The largest absolute Gasteiger partial charge is 0.381 e. The van der Waals surface area contributed by atoms with Gasteiger partial charge in [0.1, 0.15) is 5.92 Å². The van der Waals surface area contributed by atoms with Crippen LogP contribution in [0.5, 0.6) is 0 Å². The summed E-state index contributed by atoms with van der Waals surface area (Å²) in [6.45, 7) is 2.96. The summed E-state index contributed by atoms with van der Waals surface area (Å²) in [4.78, 5) is 0. The van der Waals surface area contributed by atoms with Crippen molar-refractivity contribution in [1.82, 2.24) is 0 Å². The summed E-state index contributed by atoms with van der Waals surface area (Å²) in [5.74, 6) is -13.4. The maximum absolute atomic E-state index is 14.9. The van der Waals surface area contributed by atoms with E-state index in [1.54, 1.807) is 6.07 Å². The molecule has 7 heteroatoms. The molecule has 0 aromatic heterocycles. The van der Waals surface area contributed by atoms with Crippen LogP contribution >= 0.6 is 0 Å². The van der Waals surface area contributed by atoms with E-state index in [9.17, 15) is 22.0 Å². The second-order valence-electron chi connectivity index (χ2n) is 4.79. The molecule has 0 heterocycles. The van der Waals surface area contributed by atoms with Crippen molar-refractivity contribution in [3.05, 3.63) is 59.2 Å². The highest BCUT2D eigenvalue weighted by Gasteiger charge is 2.55. The maximum atomic E-state index is 14.9. The highest BCUT2D eigenvalue weighted by atomic mass is 28.3. The smallest absolute Gasteiger partial charge is 0.269 e. The fourth-order valence-corrected chi connectivity index (χ4v) is 2.98. The van der Waals surface area contributed by atoms with Gasteiger partial charge in [0.15, 0.2) is 17.5 Å². The van der Waals surface area contributed by atoms with Crippen molar-refractivity contribution in [1.29, 1.82) is 0 Å². The molecule has 0 N–H and O–H groups in total. The molecule has 0 spiro atoms. The summed E-state index contributed by atoms with van der Waals surface area (Å²) in [7, 11) is -1.85. The summed E-state index contributed by atoms with van der Waals surface area (Å²) in [5, 5.41) is 0. The van der Waals surface area contributed by atoms with Crippen LogP contribution in [0.1, 0.15) is 11.5 Å². The van der Waals surface area contributed by atoms with Crippen molar-refractivity contribution < 1.29 is 26.4 Å². The third-order valence-electron chi connectivity index (χ3n) is 3.00. The minimum Gasteiger partial charge on any atom is -0.381 e. The zero-order valence-electron chi connectivity index (χ0n) is 11.3. The van der Waals surface area contributed by atoms with Crippen LogP contribution in [0, 0.1) is 0 Å². The summed E-state index contributed by atoms with van der Waals surface area (Å²) in [6.07, 6.45) is 0. The molecule has 0 fully saturated rings. The third-order valence-corrected chi connectivity index (χ3v) is 3.71. The van der Waals surface area contributed by atoms with Crippen molar-refractivity contribution in [2.45, 2.75) is 24.9 Å². The van der Waals surface area contributed by atoms with Gasteiger partial charge in [0.25, 0.3) is 5.85 Å². The Labute approximate surface area is 120 Å². The predicted octanol–water partition coefficient (Wildman–Crippen LogP) is 5.02. The van der Waals surface area contributed by atoms with Gasteiger partial charge in [-0.05, 0) is 18.7 Å². The zero-order valence-corrected chi connectivity index (χ0v) is 12.3. The topological polar surface area (TPSA) is 9.23 Å². The summed E-state index contributed by atoms with van der Waals surface area (Å²) in [5.41, 5.74) is -0.0430. The van der Waals surface area contributed by atoms with Crippen molar-refractivity contribution in [3.63, 3.8) is 0 Å². The van der Waals surface area contributed by atoms with E-state index in [1.807, 2.05) is 0 Å². The van der Waals surface area contributed by atoms with Crippen LogP contribution in [0.3, 0.4) is 0 Å². The van der Waals surface area contributed by atoms with E-state index < -0.39 is 44.1 Å². The van der Waals surface area contributed by atoms with E-state index in [0.717, 1.165) is 0 Å². The van der Waals surface area contributed by atoms with Crippen molar-refractivity contribution >= 4 is 9.04 Å².